The lowest BCUT2D eigenvalue weighted by Crippen LogP contribution is -2.56. The summed E-state index contributed by atoms with van der Waals surface area (Å²) in [6, 6.07) is 7.95. The fraction of sp³-hybridized carbons (Fsp3) is 0.444. The van der Waals surface area contributed by atoms with Crippen LogP contribution in [-0.2, 0) is 19.7 Å². The van der Waals surface area contributed by atoms with Crippen LogP contribution in [0, 0.1) is 0 Å². The number of unbranched alkanes of at least 4 members (excludes halogenated alkanes) is 3. The summed E-state index contributed by atoms with van der Waals surface area (Å²) in [6.45, 7) is 5.64. The third kappa shape index (κ3) is 7.78. The summed E-state index contributed by atoms with van der Waals surface area (Å²) in [4.78, 5) is 32.5. The molecule has 1 saturated heterocycles. The molecular weight excluding hydrogens is 543 g/mol. The molecule has 0 atom stereocenters. The van der Waals surface area contributed by atoms with Gasteiger partial charge in [0.1, 0.15) is 5.57 Å². The predicted molar refractivity (Wildman–Crippen MR) is 156 cm³/mol. The maximum Gasteiger partial charge on any atom is 0.265 e. The van der Waals surface area contributed by atoms with E-state index in [-0.39, 0.29) is 28.3 Å². The first kappa shape index (κ1) is 30.1. The number of anilines is 1. The Bertz CT molecular complexity index is 1210. The quantitative estimate of drug-likeness (QED) is 0.113. The van der Waals surface area contributed by atoms with E-state index < -0.39 is 10.1 Å². The van der Waals surface area contributed by atoms with Crippen LogP contribution < -0.4 is 4.90 Å². The zero-order chi connectivity index (χ0) is 27.7. The molecule has 1 N–H and O–H groups in total. The third-order valence-electron chi connectivity index (χ3n) is 6.17. The Morgan fingerprint density at radius 3 is 2.05 bits per heavy atom. The lowest BCUT2D eigenvalue weighted by atomic mass is 10.1. The van der Waals surface area contributed by atoms with Crippen LogP contribution in [0.15, 0.2) is 64.1 Å². The number of benzene rings is 1. The average Bonchev–Trinajstić information content (AvgIpc) is 3.22. The van der Waals surface area contributed by atoms with E-state index in [0.717, 1.165) is 41.3 Å². The molecule has 206 valence electrons. The van der Waals surface area contributed by atoms with Crippen LogP contribution >= 0.6 is 24.0 Å². The zero-order valence-electron chi connectivity index (χ0n) is 21.8. The highest BCUT2D eigenvalue weighted by Gasteiger charge is 2.38. The van der Waals surface area contributed by atoms with E-state index >= 15 is 0 Å². The molecule has 2 heterocycles. The maximum absolute atomic E-state index is 13.1. The molecule has 11 heteroatoms. The minimum atomic E-state index is -3.98. The standard InChI is InChI=1S/C27H35N3O5S3/c1-3-5-17-29-25(31)21(26(32)30(27(29)36)18-6-4-2)13-7-10-16-24-28(19-11-12-20-38(33,34)35)22-14-8-9-15-23(22)37-24/h7-10,13-16H,3-6,11-12,17-20H2,1-2H3,(H,33,34,35)/b10-7+,24-16+. The smallest absolute Gasteiger partial charge is 0.265 e. The predicted octanol–water partition coefficient (Wildman–Crippen LogP) is 5.15. The number of amides is 2. The molecule has 8 nitrogen and oxygen atoms in total. The molecule has 2 amide bonds. The van der Waals surface area contributed by atoms with Crippen molar-refractivity contribution in [1.82, 2.24) is 9.80 Å². The second kappa shape index (κ2) is 14.1. The van der Waals surface area contributed by atoms with Gasteiger partial charge in [-0.15, -0.1) is 0 Å². The summed E-state index contributed by atoms with van der Waals surface area (Å²) >= 11 is 7.10. The Kier molecular flexibility index (Phi) is 11.1. The van der Waals surface area contributed by atoms with Crippen molar-refractivity contribution in [2.45, 2.75) is 57.3 Å². The van der Waals surface area contributed by atoms with E-state index in [1.54, 1.807) is 30.0 Å². The number of rotatable bonds is 13. The average molecular weight is 578 g/mol. The maximum atomic E-state index is 13.1. The molecular formula is C27H35N3O5S3. The van der Waals surface area contributed by atoms with Gasteiger partial charge in [-0.05, 0) is 62.2 Å². The summed E-state index contributed by atoms with van der Waals surface area (Å²) in [5.41, 5.74) is 1.14. The van der Waals surface area contributed by atoms with Gasteiger partial charge < -0.3 is 4.90 Å². The number of thiocarbonyl (C=S) groups is 1. The molecule has 0 unspecified atom stereocenters. The molecule has 2 aliphatic heterocycles. The van der Waals surface area contributed by atoms with E-state index in [4.69, 9.17) is 16.8 Å². The van der Waals surface area contributed by atoms with Gasteiger partial charge in [-0.2, -0.15) is 8.42 Å². The van der Waals surface area contributed by atoms with E-state index in [2.05, 4.69) is 4.90 Å². The first-order valence-corrected chi connectivity index (χ1v) is 15.8. The van der Waals surface area contributed by atoms with Gasteiger partial charge in [-0.25, -0.2) is 0 Å². The molecule has 0 aromatic heterocycles. The summed E-state index contributed by atoms with van der Waals surface area (Å²) in [6.07, 6.45) is 11.3. The number of para-hydroxylation sites is 1. The van der Waals surface area contributed by atoms with Crippen molar-refractivity contribution < 1.29 is 22.6 Å². The molecule has 1 aromatic rings. The molecule has 0 radical (unpaired) electrons. The molecule has 0 saturated carbocycles. The zero-order valence-corrected chi connectivity index (χ0v) is 24.3. The van der Waals surface area contributed by atoms with Crippen LogP contribution in [0.2, 0.25) is 0 Å². The number of hydrogen-bond acceptors (Lipinski definition) is 7. The third-order valence-corrected chi connectivity index (χ3v) is 8.54. The van der Waals surface area contributed by atoms with E-state index in [1.807, 2.05) is 44.2 Å². The number of thioether (sulfide) groups is 1. The van der Waals surface area contributed by atoms with Gasteiger partial charge in [-0.1, -0.05) is 62.7 Å². The van der Waals surface area contributed by atoms with Gasteiger partial charge in [0, 0.05) is 24.5 Å². The van der Waals surface area contributed by atoms with Gasteiger partial charge in [-0.3, -0.25) is 23.9 Å². The van der Waals surface area contributed by atoms with Gasteiger partial charge in [0.25, 0.3) is 21.9 Å². The summed E-state index contributed by atoms with van der Waals surface area (Å²) in [5.74, 6) is -0.985. The monoisotopic (exact) mass is 577 g/mol. The van der Waals surface area contributed by atoms with Crippen molar-refractivity contribution in [3.63, 3.8) is 0 Å². The van der Waals surface area contributed by atoms with Crippen molar-refractivity contribution in [2.24, 2.45) is 0 Å². The van der Waals surface area contributed by atoms with Gasteiger partial charge >= 0.3 is 0 Å². The molecule has 2 aliphatic rings. The molecule has 3 rings (SSSR count). The van der Waals surface area contributed by atoms with Crippen molar-refractivity contribution in [3.05, 3.63) is 59.2 Å². The number of nitrogens with zero attached hydrogens (tertiary/aromatic N) is 3. The van der Waals surface area contributed by atoms with Crippen molar-refractivity contribution in [3.8, 4) is 0 Å². The van der Waals surface area contributed by atoms with Crippen LogP contribution in [-0.4, -0.2) is 65.1 Å². The van der Waals surface area contributed by atoms with Crippen molar-refractivity contribution in [2.75, 3.05) is 30.3 Å². The summed E-state index contributed by atoms with van der Waals surface area (Å²) in [5, 5.41) is 1.24. The second-order valence-electron chi connectivity index (χ2n) is 9.09. The van der Waals surface area contributed by atoms with E-state index in [1.165, 1.54) is 9.80 Å². The molecule has 0 spiro atoms. The normalized spacial score (nSPS) is 17.3. The lowest BCUT2D eigenvalue weighted by molar-refractivity contribution is -0.133. The molecule has 0 aliphatic carbocycles. The lowest BCUT2D eigenvalue weighted by Gasteiger charge is -2.36. The van der Waals surface area contributed by atoms with Crippen LogP contribution in [0.1, 0.15) is 52.4 Å². The molecule has 1 fully saturated rings. The van der Waals surface area contributed by atoms with E-state index in [9.17, 15) is 18.0 Å². The minimum Gasteiger partial charge on any atom is -0.335 e. The first-order valence-electron chi connectivity index (χ1n) is 12.9. The number of hydrogen-bond donors (Lipinski definition) is 1. The fourth-order valence-corrected chi connectivity index (χ4v) is 6.14. The summed E-state index contributed by atoms with van der Waals surface area (Å²) in [7, 11) is -3.98. The summed E-state index contributed by atoms with van der Waals surface area (Å²) < 4.78 is 31.1. The minimum absolute atomic E-state index is 0.102. The number of carbonyl (C=O) groups is 2. The Balaban J connectivity index is 1.79. The Hall–Kier alpha value is -2.47. The van der Waals surface area contributed by atoms with Crippen LogP contribution in [0.3, 0.4) is 0 Å². The highest BCUT2D eigenvalue weighted by molar-refractivity contribution is 8.03. The van der Waals surface area contributed by atoms with Crippen molar-refractivity contribution >= 4 is 56.7 Å². The Morgan fingerprint density at radius 2 is 1.45 bits per heavy atom. The SMILES string of the molecule is CCCCN1C(=O)C(=C/C=C/C=C2/Sc3ccccc3N2CCCCS(=O)(=O)O)C(=O)N(CCCC)C1=S. The number of carbonyl (C=O) groups excluding carboxylic acids is 2. The number of allylic oxidation sites excluding steroid dienone is 4. The molecule has 38 heavy (non-hydrogen) atoms. The second-order valence-corrected chi connectivity index (χ2v) is 12.1. The highest BCUT2D eigenvalue weighted by atomic mass is 32.2. The van der Waals surface area contributed by atoms with E-state index in [0.29, 0.717) is 32.5 Å². The Morgan fingerprint density at radius 1 is 0.868 bits per heavy atom. The van der Waals surface area contributed by atoms with Gasteiger partial charge in [0.2, 0.25) is 0 Å². The Labute approximate surface area is 235 Å². The van der Waals surface area contributed by atoms with Crippen LogP contribution in [0.5, 0.6) is 0 Å². The van der Waals surface area contributed by atoms with Crippen LogP contribution in [0.4, 0.5) is 5.69 Å². The van der Waals surface area contributed by atoms with Gasteiger partial charge in [0.15, 0.2) is 5.11 Å². The first-order chi connectivity index (χ1) is 18.2. The highest BCUT2D eigenvalue weighted by Crippen LogP contribution is 2.45. The largest absolute Gasteiger partial charge is 0.335 e. The van der Waals surface area contributed by atoms with Crippen LogP contribution in [0.25, 0.3) is 0 Å². The molecule has 0 bridgehead atoms. The van der Waals surface area contributed by atoms with Gasteiger partial charge in [0.05, 0.1) is 16.5 Å². The molecule has 1 aromatic carbocycles. The fourth-order valence-electron chi connectivity index (χ4n) is 4.12. The number of fused-ring (bicyclic) bond motifs is 1. The van der Waals surface area contributed by atoms with Crippen molar-refractivity contribution in [1.29, 1.82) is 0 Å². The topological polar surface area (TPSA) is 98.2 Å².